The maximum atomic E-state index is 12.8. The number of hydrogen-bond acceptors (Lipinski definition) is 6. The van der Waals surface area contributed by atoms with Gasteiger partial charge in [-0.05, 0) is 38.8 Å². The number of rotatable bonds is 8. The highest BCUT2D eigenvalue weighted by molar-refractivity contribution is 7.14. The molecule has 0 radical (unpaired) electrons. The molecule has 0 spiro atoms. The maximum absolute atomic E-state index is 12.8. The Kier molecular flexibility index (Phi) is 7.28. The molecule has 0 bridgehead atoms. The fourth-order valence-corrected chi connectivity index (χ4v) is 3.89. The van der Waals surface area contributed by atoms with Gasteiger partial charge >= 0.3 is 5.97 Å². The van der Waals surface area contributed by atoms with Crippen molar-refractivity contribution in [3.63, 3.8) is 0 Å². The lowest BCUT2D eigenvalue weighted by Gasteiger charge is -2.19. The summed E-state index contributed by atoms with van der Waals surface area (Å²) in [6.45, 7) is 7.39. The summed E-state index contributed by atoms with van der Waals surface area (Å²) in [5, 5.41) is 14.2. The standard InChI is InChI=1S/C20H24N2O5S/c1-5-17-13(4)10-18(28-17)20(24)21-15(11-19(23)27-12(2)3)14-8-6-7-9-16(14)22(25)26/h6-10,12,15H,5,11H2,1-4H3,(H,21,24). The van der Waals surface area contributed by atoms with Gasteiger partial charge in [-0.25, -0.2) is 0 Å². The van der Waals surface area contributed by atoms with Gasteiger partial charge in [0.1, 0.15) is 0 Å². The molecule has 8 heteroatoms. The number of nitro benzene ring substituents is 1. The fourth-order valence-electron chi connectivity index (χ4n) is 2.88. The van der Waals surface area contributed by atoms with Crippen molar-refractivity contribution in [2.24, 2.45) is 0 Å². The number of nitrogens with zero attached hydrogens (tertiary/aromatic N) is 1. The zero-order chi connectivity index (χ0) is 20.8. The van der Waals surface area contributed by atoms with E-state index >= 15 is 0 Å². The molecule has 150 valence electrons. The van der Waals surface area contributed by atoms with Crippen LogP contribution < -0.4 is 5.32 Å². The van der Waals surface area contributed by atoms with Crippen molar-refractivity contribution in [2.45, 2.75) is 52.7 Å². The van der Waals surface area contributed by atoms with Crippen LogP contribution in [0.3, 0.4) is 0 Å². The van der Waals surface area contributed by atoms with Gasteiger partial charge in [0.25, 0.3) is 11.6 Å². The van der Waals surface area contributed by atoms with Gasteiger partial charge in [-0.3, -0.25) is 19.7 Å². The Morgan fingerprint density at radius 3 is 2.54 bits per heavy atom. The van der Waals surface area contributed by atoms with Gasteiger partial charge in [0.2, 0.25) is 0 Å². The van der Waals surface area contributed by atoms with Crippen LogP contribution in [0.4, 0.5) is 5.69 Å². The lowest BCUT2D eigenvalue weighted by Crippen LogP contribution is -2.31. The van der Waals surface area contributed by atoms with Gasteiger partial charge in [0, 0.05) is 10.9 Å². The molecule has 0 aliphatic heterocycles. The second kappa shape index (κ2) is 9.45. The number of hydrogen-bond donors (Lipinski definition) is 1. The highest BCUT2D eigenvalue weighted by Gasteiger charge is 2.27. The van der Waals surface area contributed by atoms with Gasteiger partial charge in [-0.2, -0.15) is 0 Å². The van der Waals surface area contributed by atoms with Crippen LogP contribution in [0.2, 0.25) is 0 Å². The maximum Gasteiger partial charge on any atom is 0.308 e. The van der Waals surface area contributed by atoms with Crippen LogP contribution in [0.5, 0.6) is 0 Å². The molecule has 1 N–H and O–H groups in total. The lowest BCUT2D eigenvalue weighted by atomic mass is 10.0. The normalized spacial score (nSPS) is 11.9. The average Bonchev–Trinajstić information content (AvgIpc) is 3.01. The molecule has 0 saturated heterocycles. The first-order chi connectivity index (χ1) is 13.2. The van der Waals surface area contributed by atoms with Crippen LogP contribution in [0.1, 0.15) is 58.9 Å². The summed E-state index contributed by atoms with van der Waals surface area (Å²) in [4.78, 5) is 37.5. The first-order valence-corrected chi connectivity index (χ1v) is 9.87. The summed E-state index contributed by atoms with van der Waals surface area (Å²) < 4.78 is 5.17. The Balaban J connectivity index is 2.34. The molecule has 0 aliphatic rings. The predicted octanol–water partition coefficient (Wildman–Crippen LogP) is 4.34. The van der Waals surface area contributed by atoms with E-state index in [0.29, 0.717) is 4.88 Å². The first-order valence-electron chi connectivity index (χ1n) is 9.05. The van der Waals surface area contributed by atoms with Gasteiger partial charge in [-0.15, -0.1) is 11.3 Å². The number of carbonyl (C=O) groups is 2. The first kappa shape index (κ1) is 21.6. The molecule has 1 atom stereocenters. The van der Waals surface area contributed by atoms with Crippen LogP contribution in [-0.2, 0) is 16.0 Å². The highest BCUT2D eigenvalue weighted by Crippen LogP contribution is 2.29. The SMILES string of the molecule is CCc1sc(C(=O)NC(CC(=O)OC(C)C)c2ccccc2[N+](=O)[O-])cc1C. The second-order valence-corrected chi connectivity index (χ2v) is 7.79. The number of carbonyl (C=O) groups excluding carboxylic acids is 2. The minimum absolute atomic E-state index is 0.151. The van der Waals surface area contributed by atoms with E-state index in [1.807, 2.05) is 13.8 Å². The largest absolute Gasteiger partial charge is 0.463 e. The molecule has 1 aromatic carbocycles. The fraction of sp³-hybridized carbons (Fsp3) is 0.400. The van der Waals surface area contributed by atoms with E-state index in [1.54, 1.807) is 38.1 Å². The van der Waals surface area contributed by atoms with Crippen LogP contribution >= 0.6 is 11.3 Å². The quantitative estimate of drug-likeness (QED) is 0.401. The summed E-state index contributed by atoms with van der Waals surface area (Å²) in [6.07, 6.45) is 0.305. The summed E-state index contributed by atoms with van der Waals surface area (Å²) in [6, 6.07) is 7.01. The van der Waals surface area contributed by atoms with Crippen molar-refractivity contribution in [3.05, 3.63) is 61.3 Å². The van der Waals surface area contributed by atoms with Crippen molar-refractivity contribution in [1.82, 2.24) is 5.32 Å². The average molecular weight is 404 g/mol. The minimum atomic E-state index is -0.868. The van der Waals surface area contributed by atoms with E-state index in [2.05, 4.69) is 5.32 Å². The molecule has 1 aromatic heterocycles. The summed E-state index contributed by atoms with van der Waals surface area (Å²) in [7, 11) is 0. The smallest absolute Gasteiger partial charge is 0.308 e. The number of para-hydroxylation sites is 1. The molecular weight excluding hydrogens is 380 g/mol. The third-order valence-electron chi connectivity index (χ3n) is 4.12. The van der Waals surface area contributed by atoms with Gasteiger partial charge in [-0.1, -0.05) is 25.1 Å². The number of benzene rings is 1. The number of ether oxygens (including phenoxy) is 1. The topological polar surface area (TPSA) is 98.5 Å². The molecule has 0 aliphatic carbocycles. The van der Waals surface area contributed by atoms with Crippen molar-refractivity contribution in [2.75, 3.05) is 0 Å². The summed E-state index contributed by atoms with van der Waals surface area (Å²) in [5.74, 6) is -0.900. The van der Waals surface area contributed by atoms with E-state index in [4.69, 9.17) is 4.74 Å². The number of amides is 1. The van der Waals surface area contributed by atoms with Crippen LogP contribution in [0.15, 0.2) is 30.3 Å². The molecule has 1 unspecified atom stereocenters. The zero-order valence-electron chi connectivity index (χ0n) is 16.4. The van der Waals surface area contributed by atoms with E-state index < -0.39 is 16.9 Å². The molecular formula is C20H24N2O5S. The van der Waals surface area contributed by atoms with E-state index in [-0.39, 0.29) is 29.7 Å². The molecule has 7 nitrogen and oxygen atoms in total. The van der Waals surface area contributed by atoms with Crippen LogP contribution in [0.25, 0.3) is 0 Å². The van der Waals surface area contributed by atoms with Crippen LogP contribution in [-0.4, -0.2) is 22.9 Å². The van der Waals surface area contributed by atoms with Crippen molar-refractivity contribution in [1.29, 1.82) is 0 Å². The van der Waals surface area contributed by atoms with Gasteiger partial charge in [0.15, 0.2) is 0 Å². The highest BCUT2D eigenvalue weighted by atomic mass is 32.1. The second-order valence-electron chi connectivity index (χ2n) is 6.66. The predicted molar refractivity (Wildman–Crippen MR) is 108 cm³/mol. The zero-order valence-corrected chi connectivity index (χ0v) is 17.2. The Labute approximate surface area is 167 Å². The third-order valence-corrected chi connectivity index (χ3v) is 5.50. The van der Waals surface area contributed by atoms with E-state index in [0.717, 1.165) is 16.9 Å². The summed E-state index contributed by atoms with van der Waals surface area (Å²) >= 11 is 1.38. The molecule has 1 amide bonds. The number of aryl methyl sites for hydroxylation is 2. The van der Waals surface area contributed by atoms with E-state index in [9.17, 15) is 19.7 Å². The molecule has 1 heterocycles. The minimum Gasteiger partial charge on any atom is -0.463 e. The van der Waals surface area contributed by atoms with Gasteiger partial charge < -0.3 is 10.1 Å². The monoisotopic (exact) mass is 404 g/mol. The summed E-state index contributed by atoms with van der Waals surface area (Å²) in [5.41, 5.74) is 1.14. The van der Waals surface area contributed by atoms with Crippen molar-refractivity contribution >= 4 is 28.9 Å². The molecule has 28 heavy (non-hydrogen) atoms. The molecule has 0 saturated carbocycles. The number of nitro groups is 1. The number of nitrogens with one attached hydrogen (secondary N) is 1. The van der Waals surface area contributed by atoms with Crippen molar-refractivity contribution in [3.8, 4) is 0 Å². The van der Waals surface area contributed by atoms with Gasteiger partial charge in [0.05, 0.1) is 33.9 Å². The molecule has 2 aromatic rings. The lowest BCUT2D eigenvalue weighted by molar-refractivity contribution is -0.385. The number of esters is 1. The van der Waals surface area contributed by atoms with Crippen molar-refractivity contribution < 1.29 is 19.2 Å². The Morgan fingerprint density at radius 2 is 1.96 bits per heavy atom. The van der Waals surface area contributed by atoms with E-state index in [1.165, 1.54) is 17.4 Å². The molecule has 0 fully saturated rings. The Morgan fingerprint density at radius 1 is 1.29 bits per heavy atom. The number of thiophene rings is 1. The van der Waals surface area contributed by atoms with Crippen LogP contribution in [0, 0.1) is 17.0 Å². The Hall–Kier alpha value is -2.74. The molecule has 2 rings (SSSR count). The Bertz CT molecular complexity index is 875. The third kappa shape index (κ3) is 5.39.